The van der Waals surface area contributed by atoms with E-state index in [2.05, 4.69) is 13.0 Å². The van der Waals surface area contributed by atoms with E-state index in [0.29, 0.717) is 6.42 Å². The Morgan fingerprint density at radius 3 is 2.88 bits per heavy atom. The second-order valence-corrected chi connectivity index (χ2v) is 4.60. The minimum absolute atomic E-state index is 0.243. The molecule has 0 heterocycles. The summed E-state index contributed by atoms with van der Waals surface area (Å²) in [4.78, 5) is 10.5. The van der Waals surface area contributed by atoms with Gasteiger partial charge in [0, 0.05) is 6.42 Å². The van der Waals surface area contributed by atoms with Crippen LogP contribution in [0.5, 0.6) is 5.75 Å². The van der Waals surface area contributed by atoms with Crippen molar-refractivity contribution in [2.24, 2.45) is 5.92 Å². The number of hydrogen-bond donors (Lipinski definition) is 0. The number of aldehydes is 1. The number of ether oxygens (including phenoxy) is 1. The van der Waals surface area contributed by atoms with Crippen molar-refractivity contribution in [2.45, 2.75) is 32.1 Å². The first-order valence-corrected chi connectivity index (χ1v) is 5.96. The zero-order valence-electron chi connectivity index (χ0n) is 9.69. The van der Waals surface area contributed by atoms with Crippen molar-refractivity contribution in [1.29, 1.82) is 0 Å². The molecule has 0 aromatic heterocycles. The van der Waals surface area contributed by atoms with Crippen LogP contribution < -0.4 is 4.74 Å². The molecule has 1 unspecified atom stereocenters. The molecular weight excluding hydrogens is 200 g/mol. The van der Waals surface area contributed by atoms with Gasteiger partial charge in [0.15, 0.2) is 0 Å². The summed E-state index contributed by atoms with van der Waals surface area (Å²) >= 11 is 0. The molecule has 0 saturated heterocycles. The standard InChI is InChI=1S/C14H18O2/c1-11(8-9-15)13-4-2-3-5-14(13)16-10-12-6-7-12/h2-5,9,11-12H,6-8,10H2,1H3. The quantitative estimate of drug-likeness (QED) is 0.685. The lowest BCUT2D eigenvalue weighted by Crippen LogP contribution is -2.04. The van der Waals surface area contributed by atoms with E-state index in [0.717, 1.165) is 30.1 Å². The smallest absolute Gasteiger partial charge is 0.122 e. The minimum atomic E-state index is 0.243. The predicted molar refractivity (Wildman–Crippen MR) is 63.8 cm³/mol. The van der Waals surface area contributed by atoms with Crippen LogP contribution in [0.4, 0.5) is 0 Å². The molecule has 0 aliphatic heterocycles. The molecule has 0 spiro atoms. The lowest BCUT2D eigenvalue weighted by atomic mass is 9.97. The topological polar surface area (TPSA) is 26.3 Å². The van der Waals surface area contributed by atoms with Crippen LogP contribution in [0, 0.1) is 5.92 Å². The Morgan fingerprint density at radius 2 is 2.19 bits per heavy atom. The van der Waals surface area contributed by atoms with Crippen molar-refractivity contribution in [2.75, 3.05) is 6.61 Å². The largest absolute Gasteiger partial charge is 0.493 e. The molecule has 16 heavy (non-hydrogen) atoms. The Hall–Kier alpha value is -1.31. The maximum atomic E-state index is 10.5. The number of benzene rings is 1. The van der Waals surface area contributed by atoms with Crippen LogP contribution in [0.3, 0.4) is 0 Å². The molecule has 1 aromatic rings. The van der Waals surface area contributed by atoms with E-state index in [1.165, 1.54) is 12.8 Å². The zero-order chi connectivity index (χ0) is 11.4. The Bertz CT molecular complexity index is 356. The van der Waals surface area contributed by atoms with Crippen LogP contribution >= 0.6 is 0 Å². The van der Waals surface area contributed by atoms with Crippen LogP contribution in [0.15, 0.2) is 24.3 Å². The lowest BCUT2D eigenvalue weighted by Gasteiger charge is -2.14. The van der Waals surface area contributed by atoms with Gasteiger partial charge in [0.05, 0.1) is 6.61 Å². The van der Waals surface area contributed by atoms with Gasteiger partial charge in [-0.05, 0) is 36.3 Å². The molecule has 0 bridgehead atoms. The summed E-state index contributed by atoms with van der Waals surface area (Å²) < 4.78 is 5.81. The van der Waals surface area contributed by atoms with E-state index in [9.17, 15) is 4.79 Å². The van der Waals surface area contributed by atoms with Gasteiger partial charge in [-0.25, -0.2) is 0 Å². The van der Waals surface area contributed by atoms with Gasteiger partial charge < -0.3 is 9.53 Å². The van der Waals surface area contributed by atoms with Crippen molar-refractivity contribution in [3.63, 3.8) is 0 Å². The first-order chi connectivity index (χ1) is 7.81. The number of para-hydroxylation sites is 1. The molecule has 1 atom stereocenters. The Balaban J connectivity index is 2.05. The van der Waals surface area contributed by atoms with Gasteiger partial charge in [0.2, 0.25) is 0 Å². The van der Waals surface area contributed by atoms with Gasteiger partial charge in [0.1, 0.15) is 12.0 Å². The van der Waals surface area contributed by atoms with Crippen molar-refractivity contribution in [3.05, 3.63) is 29.8 Å². The first-order valence-electron chi connectivity index (χ1n) is 5.96. The summed E-state index contributed by atoms with van der Waals surface area (Å²) in [7, 11) is 0. The summed E-state index contributed by atoms with van der Waals surface area (Å²) in [5.74, 6) is 1.95. The monoisotopic (exact) mass is 218 g/mol. The number of carbonyl (C=O) groups is 1. The fourth-order valence-electron chi connectivity index (χ4n) is 1.78. The molecule has 0 N–H and O–H groups in total. The van der Waals surface area contributed by atoms with Gasteiger partial charge in [-0.3, -0.25) is 0 Å². The number of carbonyl (C=O) groups excluding carboxylic acids is 1. The Morgan fingerprint density at radius 1 is 1.44 bits per heavy atom. The van der Waals surface area contributed by atoms with Crippen LogP contribution in [0.25, 0.3) is 0 Å². The third-order valence-electron chi connectivity index (χ3n) is 3.07. The zero-order valence-corrected chi connectivity index (χ0v) is 9.69. The van der Waals surface area contributed by atoms with Crippen molar-refractivity contribution in [1.82, 2.24) is 0 Å². The summed E-state index contributed by atoms with van der Waals surface area (Å²) in [6.07, 6.45) is 4.13. The molecular formula is C14H18O2. The Labute approximate surface area is 96.6 Å². The second kappa shape index (κ2) is 5.15. The van der Waals surface area contributed by atoms with Crippen molar-refractivity contribution >= 4 is 6.29 Å². The van der Waals surface area contributed by atoms with E-state index in [1.54, 1.807) is 0 Å². The molecule has 1 fully saturated rings. The van der Waals surface area contributed by atoms with Crippen LogP contribution in [0.1, 0.15) is 37.7 Å². The maximum Gasteiger partial charge on any atom is 0.122 e. The highest BCUT2D eigenvalue weighted by molar-refractivity contribution is 5.52. The summed E-state index contributed by atoms with van der Waals surface area (Å²) in [5, 5.41) is 0. The third kappa shape index (κ3) is 2.84. The molecule has 1 aromatic carbocycles. The highest BCUT2D eigenvalue weighted by Crippen LogP contribution is 2.32. The van der Waals surface area contributed by atoms with E-state index in [-0.39, 0.29) is 5.92 Å². The van der Waals surface area contributed by atoms with E-state index in [1.807, 2.05) is 18.2 Å². The minimum Gasteiger partial charge on any atom is -0.493 e. The normalized spacial score (nSPS) is 16.8. The van der Waals surface area contributed by atoms with Gasteiger partial charge in [0.25, 0.3) is 0 Å². The predicted octanol–water partition coefficient (Wildman–Crippen LogP) is 3.17. The average Bonchev–Trinajstić information content (AvgIpc) is 3.11. The molecule has 0 radical (unpaired) electrons. The molecule has 1 aliphatic rings. The maximum absolute atomic E-state index is 10.5. The van der Waals surface area contributed by atoms with Crippen LogP contribution in [-0.4, -0.2) is 12.9 Å². The SMILES string of the molecule is CC(CC=O)c1ccccc1OCC1CC1. The third-order valence-corrected chi connectivity index (χ3v) is 3.07. The molecule has 2 nitrogen and oxygen atoms in total. The summed E-state index contributed by atoms with van der Waals surface area (Å²) in [6.45, 7) is 2.89. The van der Waals surface area contributed by atoms with Gasteiger partial charge in [-0.2, -0.15) is 0 Å². The van der Waals surface area contributed by atoms with Gasteiger partial charge in [-0.15, -0.1) is 0 Å². The number of hydrogen-bond acceptors (Lipinski definition) is 2. The van der Waals surface area contributed by atoms with Gasteiger partial charge >= 0.3 is 0 Å². The molecule has 0 amide bonds. The summed E-state index contributed by atoms with van der Waals surface area (Å²) in [6, 6.07) is 8.04. The highest BCUT2D eigenvalue weighted by atomic mass is 16.5. The van der Waals surface area contributed by atoms with E-state index >= 15 is 0 Å². The lowest BCUT2D eigenvalue weighted by molar-refractivity contribution is -0.108. The van der Waals surface area contributed by atoms with Crippen LogP contribution in [0.2, 0.25) is 0 Å². The van der Waals surface area contributed by atoms with Gasteiger partial charge in [-0.1, -0.05) is 25.1 Å². The molecule has 1 saturated carbocycles. The summed E-state index contributed by atoms with van der Waals surface area (Å²) in [5.41, 5.74) is 1.15. The van der Waals surface area contributed by atoms with E-state index < -0.39 is 0 Å². The first kappa shape index (κ1) is 11.2. The Kier molecular flexibility index (Phi) is 3.60. The molecule has 2 rings (SSSR count). The fourth-order valence-corrected chi connectivity index (χ4v) is 1.78. The number of rotatable bonds is 6. The second-order valence-electron chi connectivity index (χ2n) is 4.60. The van der Waals surface area contributed by atoms with E-state index in [4.69, 9.17) is 4.74 Å². The molecule has 86 valence electrons. The van der Waals surface area contributed by atoms with Crippen molar-refractivity contribution in [3.8, 4) is 5.75 Å². The average molecular weight is 218 g/mol. The molecule has 2 heteroatoms. The van der Waals surface area contributed by atoms with Crippen molar-refractivity contribution < 1.29 is 9.53 Å². The highest BCUT2D eigenvalue weighted by Gasteiger charge is 2.22. The van der Waals surface area contributed by atoms with Crippen LogP contribution in [-0.2, 0) is 4.79 Å². The molecule has 1 aliphatic carbocycles. The fraction of sp³-hybridized carbons (Fsp3) is 0.500.